The van der Waals surface area contributed by atoms with Gasteiger partial charge in [-0.25, -0.2) is 9.37 Å². The first kappa shape index (κ1) is 21.5. The van der Waals surface area contributed by atoms with E-state index in [4.69, 9.17) is 0 Å². The number of guanidine groups is 1. The van der Waals surface area contributed by atoms with Crippen molar-refractivity contribution < 1.29 is 9.18 Å². The van der Waals surface area contributed by atoms with Crippen LogP contribution in [-0.4, -0.2) is 68.6 Å². The molecule has 30 heavy (non-hydrogen) atoms. The Kier molecular flexibility index (Phi) is 7.21. The van der Waals surface area contributed by atoms with Crippen molar-refractivity contribution in [3.05, 3.63) is 59.5 Å². The van der Waals surface area contributed by atoms with E-state index in [0.717, 1.165) is 24.9 Å². The first-order chi connectivity index (χ1) is 14.5. The van der Waals surface area contributed by atoms with Crippen molar-refractivity contribution in [2.45, 2.75) is 18.9 Å². The van der Waals surface area contributed by atoms with Gasteiger partial charge < -0.3 is 20.4 Å². The van der Waals surface area contributed by atoms with E-state index in [2.05, 4.69) is 20.6 Å². The summed E-state index contributed by atoms with van der Waals surface area (Å²) in [7, 11) is 5.23. The second kappa shape index (κ2) is 10.0. The maximum Gasteiger partial charge on any atom is 0.253 e. The number of benzene rings is 1. The molecule has 8 heteroatoms. The van der Waals surface area contributed by atoms with Gasteiger partial charge in [-0.3, -0.25) is 9.79 Å². The molecule has 0 spiro atoms. The molecule has 0 saturated carbocycles. The molecule has 0 radical (unpaired) electrons. The fourth-order valence-corrected chi connectivity index (χ4v) is 3.51. The number of anilines is 1. The molecule has 1 amide bonds. The minimum absolute atomic E-state index is 0.00239. The lowest BCUT2D eigenvalue weighted by Crippen LogP contribution is -2.45. The predicted octanol–water partition coefficient (Wildman–Crippen LogP) is 1.91. The number of amides is 1. The number of rotatable bonds is 6. The molecule has 160 valence electrons. The van der Waals surface area contributed by atoms with Gasteiger partial charge in [-0.05, 0) is 42.7 Å². The van der Waals surface area contributed by atoms with Crippen LogP contribution >= 0.6 is 0 Å². The Morgan fingerprint density at radius 3 is 2.90 bits per heavy atom. The maximum atomic E-state index is 14.0. The number of nitrogens with zero attached hydrogens (tertiary/aromatic N) is 4. The Hall–Kier alpha value is -3.16. The topological polar surface area (TPSA) is 72.9 Å². The van der Waals surface area contributed by atoms with Gasteiger partial charge in [-0.2, -0.15) is 0 Å². The third-order valence-corrected chi connectivity index (χ3v) is 5.08. The highest BCUT2D eigenvalue weighted by Crippen LogP contribution is 2.20. The number of hydrogen-bond acceptors (Lipinski definition) is 4. The van der Waals surface area contributed by atoms with Crippen molar-refractivity contribution in [2.75, 3.05) is 45.7 Å². The Bertz CT molecular complexity index is 901. The van der Waals surface area contributed by atoms with E-state index in [1.54, 1.807) is 38.3 Å². The van der Waals surface area contributed by atoms with Gasteiger partial charge in [-0.15, -0.1) is 0 Å². The van der Waals surface area contributed by atoms with E-state index in [1.165, 1.54) is 6.07 Å². The Labute approximate surface area is 177 Å². The molecule has 1 atom stereocenters. The first-order valence-electron chi connectivity index (χ1n) is 10.1. The quantitative estimate of drug-likeness (QED) is 0.560. The minimum atomic E-state index is -0.296. The molecule has 2 aromatic rings. The van der Waals surface area contributed by atoms with Crippen LogP contribution in [0.3, 0.4) is 0 Å². The fourth-order valence-electron chi connectivity index (χ4n) is 3.51. The van der Waals surface area contributed by atoms with Gasteiger partial charge in [-0.1, -0.05) is 12.1 Å². The molecule has 1 aliphatic heterocycles. The van der Waals surface area contributed by atoms with Crippen LogP contribution in [0.25, 0.3) is 0 Å². The van der Waals surface area contributed by atoms with E-state index < -0.39 is 0 Å². The van der Waals surface area contributed by atoms with Gasteiger partial charge in [0.15, 0.2) is 17.6 Å². The molecule has 1 aromatic carbocycles. The van der Waals surface area contributed by atoms with Crippen LogP contribution in [0.1, 0.15) is 22.3 Å². The number of hydrogen-bond donors (Lipinski definition) is 2. The second-order valence-electron chi connectivity index (χ2n) is 7.53. The number of nitrogens with one attached hydrogen (secondary N) is 2. The number of aromatic nitrogens is 1. The molecule has 1 aromatic heterocycles. The fraction of sp³-hybridized carbons (Fsp3) is 0.409. The van der Waals surface area contributed by atoms with Crippen LogP contribution in [0, 0.1) is 5.82 Å². The Balaban J connectivity index is 1.49. The van der Waals surface area contributed by atoms with Crippen molar-refractivity contribution in [3.8, 4) is 0 Å². The summed E-state index contributed by atoms with van der Waals surface area (Å²) < 4.78 is 14.0. The number of carbonyl (C=O) groups excluding carboxylic acids is 1. The average Bonchev–Trinajstić information content (AvgIpc) is 3.21. The molecule has 0 bridgehead atoms. The Morgan fingerprint density at radius 2 is 2.17 bits per heavy atom. The largest absolute Gasteiger partial charge is 0.356 e. The smallest absolute Gasteiger partial charge is 0.253 e. The summed E-state index contributed by atoms with van der Waals surface area (Å²) in [6.07, 6.45) is 3.26. The molecule has 1 saturated heterocycles. The monoisotopic (exact) mass is 412 g/mol. The van der Waals surface area contributed by atoms with E-state index in [1.807, 2.05) is 29.2 Å². The van der Waals surface area contributed by atoms with Crippen molar-refractivity contribution in [2.24, 2.45) is 4.99 Å². The third-order valence-electron chi connectivity index (χ3n) is 5.08. The highest BCUT2D eigenvalue weighted by Gasteiger charge is 2.25. The van der Waals surface area contributed by atoms with Gasteiger partial charge in [0, 0.05) is 58.6 Å². The van der Waals surface area contributed by atoms with Gasteiger partial charge >= 0.3 is 0 Å². The normalized spacial score (nSPS) is 16.5. The van der Waals surface area contributed by atoms with Gasteiger partial charge in [0.25, 0.3) is 5.91 Å². The SMILES string of the molecule is CN=C(NCCc1cccc(C(=O)N(C)C)c1)NC1CCN(c2ncccc2F)C1. The molecule has 1 aliphatic rings. The lowest BCUT2D eigenvalue weighted by Gasteiger charge is -2.20. The maximum absolute atomic E-state index is 14.0. The molecule has 0 aliphatic carbocycles. The van der Waals surface area contributed by atoms with Gasteiger partial charge in [0.05, 0.1) is 0 Å². The van der Waals surface area contributed by atoms with Crippen molar-refractivity contribution in [3.63, 3.8) is 0 Å². The third kappa shape index (κ3) is 5.46. The number of carbonyl (C=O) groups is 1. The molecule has 1 fully saturated rings. The second-order valence-corrected chi connectivity index (χ2v) is 7.53. The lowest BCUT2D eigenvalue weighted by molar-refractivity contribution is 0.0827. The van der Waals surface area contributed by atoms with Crippen molar-refractivity contribution in [1.82, 2.24) is 20.5 Å². The van der Waals surface area contributed by atoms with Crippen LogP contribution in [0.15, 0.2) is 47.6 Å². The molecule has 1 unspecified atom stereocenters. The summed E-state index contributed by atoms with van der Waals surface area (Å²) in [4.78, 5) is 24.1. The summed E-state index contributed by atoms with van der Waals surface area (Å²) in [5.41, 5.74) is 1.77. The summed E-state index contributed by atoms with van der Waals surface area (Å²) in [5, 5.41) is 6.72. The van der Waals surface area contributed by atoms with Crippen LogP contribution in [0.2, 0.25) is 0 Å². The first-order valence-corrected chi connectivity index (χ1v) is 10.1. The molecule has 2 heterocycles. The molecule has 2 N–H and O–H groups in total. The zero-order valence-electron chi connectivity index (χ0n) is 17.7. The van der Waals surface area contributed by atoms with Crippen LogP contribution < -0.4 is 15.5 Å². The van der Waals surface area contributed by atoms with Crippen LogP contribution in [0.5, 0.6) is 0 Å². The van der Waals surface area contributed by atoms with Gasteiger partial charge in [0.2, 0.25) is 0 Å². The molecule has 3 rings (SSSR count). The van der Waals surface area contributed by atoms with E-state index in [9.17, 15) is 9.18 Å². The Morgan fingerprint density at radius 1 is 1.33 bits per heavy atom. The van der Waals surface area contributed by atoms with E-state index in [-0.39, 0.29) is 17.8 Å². The summed E-state index contributed by atoms with van der Waals surface area (Å²) in [5.74, 6) is 0.814. The molecular weight excluding hydrogens is 383 g/mol. The summed E-state index contributed by atoms with van der Waals surface area (Å²) in [6, 6.07) is 10.9. The number of halogens is 1. The minimum Gasteiger partial charge on any atom is -0.356 e. The van der Waals surface area contributed by atoms with Crippen LogP contribution in [0.4, 0.5) is 10.2 Å². The number of pyridine rings is 1. The van der Waals surface area contributed by atoms with Crippen molar-refractivity contribution >= 4 is 17.7 Å². The van der Waals surface area contributed by atoms with E-state index >= 15 is 0 Å². The van der Waals surface area contributed by atoms with E-state index in [0.29, 0.717) is 30.4 Å². The summed E-state index contributed by atoms with van der Waals surface area (Å²) >= 11 is 0. The zero-order chi connectivity index (χ0) is 21.5. The standard InChI is InChI=1S/C22H29FN6O/c1-24-22(26-12-9-16-6-4-7-17(14-16)21(30)28(2)3)27-18-10-13-29(15-18)20-19(23)8-5-11-25-20/h4-8,11,14,18H,9-10,12-13,15H2,1-3H3,(H2,24,26,27). The van der Waals surface area contributed by atoms with Gasteiger partial charge in [0.1, 0.15) is 0 Å². The average molecular weight is 413 g/mol. The zero-order valence-corrected chi connectivity index (χ0v) is 17.7. The van der Waals surface area contributed by atoms with Crippen LogP contribution in [-0.2, 0) is 6.42 Å². The molecule has 7 nitrogen and oxygen atoms in total. The summed E-state index contributed by atoms with van der Waals surface area (Å²) in [6.45, 7) is 2.10. The van der Waals surface area contributed by atoms with Crippen molar-refractivity contribution in [1.29, 1.82) is 0 Å². The molecular formula is C22H29FN6O. The lowest BCUT2D eigenvalue weighted by atomic mass is 10.1. The number of aliphatic imine (C=N–C) groups is 1. The highest BCUT2D eigenvalue weighted by atomic mass is 19.1. The predicted molar refractivity (Wildman–Crippen MR) is 117 cm³/mol. The highest BCUT2D eigenvalue weighted by molar-refractivity contribution is 5.94.